The second-order valence-corrected chi connectivity index (χ2v) is 18.0. The minimum Gasteiger partial charge on any atom is -0.481 e. The fourth-order valence-corrected chi connectivity index (χ4v) is 4.68. The van der Waals surface area contributed by atoms with E-state index < -0.39 is 47.8 Å². The fourth-order valence-electron chi connectivity index (χ4n) is 4.68. The molecular weight excluding hydrogens is 534 g/mol. The van der Waals surface area contributed by atoms with Crippen molar-refractivity contribution in [3.63, 3.8) is 0 Å². The molecule has 0 spiro atoms. The maximum absolute atomic E-state index is 10.4. The first-order valence-corrected chi connectivity index (χ1v) is 15.7. The molecule has 5 atom stereocenters. The molecule has 0 bridgehead atoms. The van der Waals surface area contributed by atoms with Gasteiger partial charge in [0.2, 0.25) is 0 Å². The fraction of sp³-hybridized carbons (Fsp3) is 0.971. The first-order valence-electron chi connectivity index (χ1n) is 15.7. The Balaban J connectivity index is -0.000000503. The predicted octanol–water partition coefficient (Wildman–Crippen LogP) is 5.57. The summed E-state index contributed by atoms with van der Waals surface area (Å²) in [5, 5.41) is 56.4. The Hall–Kier alpha value is -0.770. The Labute approximate surface area is 260 Å². The molecule has 0 radical (unpaired) electrons. The van der Waals surface area contributed by atoms with Gasteiger partial charge in [-0.05, 0) is 34.5 Å². The monoisotopic (exact) mass is 609 g/mol. The van der Waals surface area contributed by atoms with Crippen molar-refractivity contribution in [3.8, 4) is 0 Å². The molecular formula is C34H74NO7+. The highest BCUT2D eigenvalue weighted by molar-refractivity contribution is 5.69. The third-order valence-corrected chi connectivity index (χ3v) is 7.01. The first-order chi connectivity index (χ1) is 18.3. The van der Waals surface area contributed by atoms with E-state index in [4.69, 9.17) is 5.11 Å². The molecule has 42 heavy (non-hydrogen) atoms. The lowest BCUT2D eigenvalue weighted by Gasteiger charge is -2.47. The van der Waals surface area contributed by atoms with Gasteiger partial charge in [0.25, 0.3) is 0 Å². The Bertz CT molecular complexity index is 691. The maximum Gasteiger partial charge on any atom is 0.306 e. The van der Waals surface area contributed by atoms with Gasteiger partial charge in [-0.25, -0.2) is 0 Å². The maximum atomic E-state index is 10.4. The highest BCUT2D eigenvalue weighted by atomic mass is 16.4. The minimum atomic E-state index is -1.51. The number of nitrogens with zero attached hydrogens (tertiary/aromatic N) is 1. The summed E-state index contributed by atoms with van der Waals surface area (Å²) in [6, 6.07) is 0. The van der Waals surface area contributed by atoms with E-state index in [0.29, 0.717) is 10.8 Å². The van der Waals surface area contributed by atoms with E-state index in [9.17, 15) is 30.3 Å². The van der Waals surface area contributed by atoms with Crippen LogP contribution in [-0.4, -0.2) is 99.3 Å². The number of rotatable bonds is 5. The molecule has 0 aromatic carbocycles. The van der Waals surface area contributed by atoms with Crippen LogP contribution in [0.4, 0.5) is 0 Å². The van der Waals surface area contributed by atoms with E-state index in [1.165, 1.54) is 25.8 Å². The van der Waals surface area contributed by atoms with Crippen LogP contribution in [-0.2, 0) is 4.79 Å². The summed E-state index contributed by atoms with van der Waals surface area (Å²) in [5.41, 5.74) is 0.693. The Morgan fingerprint density at radius 3 is 1.12 bits per heavy atom. The highest BCUT2D eigenvalue weighted by Gasteiger charge is 2.51. The van der Waals surface area contributed by atoms with Crippen LogP contribution in [0.1, 0.15) is 123 Å². The molecule has 0 aromatic rings. The number of quaternary nitrogens is 1. The molecule has 1 aliphatic rings. The number of hydrogen-bond donors (Lipinski definition) is 6. The van der Waals surface area contributed by atoms with Gasteiger partial charge in [0.15, 0.2) is 0 Å². The van der Waals surface area contributed by atoms with E-state index in [2.05, 4.69) is 69.6 Å². The van der Waals surface area contributed by atoms with Crippen LogP contribution in [0.15, 0.2) is 0 Å². The summed E-state index contributed by atoms with van der Waals surface area (Å²) in [6.45, 7) is 30.5. The van der Waals surface area contributed by atoms with Gasteiger partial charge < -0.3 is 35.1 Å². The Morgan fingerprint density at radius 1 is 0.643 bits per heavy atom. The number of hydrogen-bond acceptors (Lipinski definition) is 6. The van der Waals surface area contributed by atoms with Gasteiger partial charge in [0, 0.05) is 12.3 Å². The van der Waals surface area contributed by atoms with Crippen LogP contribution in [0.2, 0.25) is 0 Å². The summed E-state index contributed by atoms with van der Waals surface area (Å²) in [5.74, 6) is -1.60. The molecule has 1 fully saturated rings. The van der Waals surface area contributed by atoms with E-state index >= 15 is 0 Å². The van der Waals surface area contributed by atoms with Gasteiger partial charge in [-0.1, -0.05) is 103 Å². The number of aliphatic hydroxyl groups is 5. The molecule has 0 saturated heterocycles. The molecule has 0 heterocycles. The standard InChI is InChI=1S/C10H20O5.C9H22N.C8H16O2.C7H16/c1-10(2,3)4-5(11)7(13)9(15)8(14)6(4)12;1-9(2,3)7-8-10(4,5)6;1-6(7(9)10)5-8(2,3)4;1-5-6-7(2,3)4/h4-9,11-15H,1-3H3;7-8H2,1-6H3;6H,5H2,1-4H3,(H,9,10);5-6H2,1-4H3/q;+1;;. The lowest BCUT2D eigenvalue weighted by Crippen LogP contribution is -2.63. The van der Waals surface area contributed by atoms with E-state index in [-0.39, 0.29) is 11.3 Å². The molecule has 1 aliphatic carbocycles. The van der Waals surface area contributed by atoms with Crippen LogP contribution in [0, 0.1) is 33.5 Å². The predicted molar refractivity (Wildman–Crippen MR) is 175 cm³/mol. The normalized spacial score (nSPS) is 26.0. The number of carboxylic acid groups (broad SMARTS) is 1. The largest absolute Gasteiger partial charge is 0.481 e. The molecule has 0 aromatic heterocycles. The van der Waals surface area contributed by atoms with E-state index in [1.807, 2.05) is 20.8 Å². The molecule has 256 valence electrons. The van der Waals surface area contributed by atoms with Gasteiger partial charge in [0.1, 0.15) is 18.3 Å². The Morgan fingerprint density at radius 2 is 0.976 bits per heavy atom. The summed E-state index contributed by atoms with van der Waals surface area (Å²) in [7, 11) is 6.73. The zero-order valence-electron chi connectivity index (χ0n) is 30.6. The lowest BCUT2D eigenvalue weighted by molar-refractivity contribution is -0.871. The SMILES string of the molecule is CC(C)(C)C1C(O)C(O)C(O)C(O)C1O.CC(C)(C)CC[N+](C)(C)C.CC(CC(C)(C)C)C(=O)O.CCCC(C)(C)C. The minimum absolute atomic E-state index is 0.123. The molecule has 8 heteroatoms. The number of carboxylic acids is 1. The van der Waals surface area contributed by atoms with Crippen molar-refractivity contribution in [3.05, 3.63) is 0 Å². The van der Waals surface area contributed by atoms with Gasteiger partial charge in [-0.15, -0.1) is 0 Å². The second kappa shape index (κ2) is 18.3. The summed E-state index contributed by atoms with van der Waals surface area (Å²) in [4.78, 5) is 10.4. The number of aliphatic hydroxyl groups excluding tert-OH is 5. The van der Waals surface area contributed by atoms with Crippen molar-refractivity contribution in [2.75, 3.05) is 27.7 Å². The van der Waals surface area contributed by atoms with Crippen molar-refractivity contribution in [2.24, 2.45) is 33.5 Å². The molecule has 8 nitrogen and oxygen atoms in total. The van der Waals surface area contributed by atoms with E-state index in [0.717, 1.165) is 10.9 Å². The second-order valence-electron chi connectivity index (χ2n) is 18.0. The van der Waals surface area contributed by atoms with Gasteiger partial charge in [-0.2, -0.15) is 0 Å². The van der Waals surface area contributed by atoms with Crippen molar-refractivity contribution in [1.29, 1.82) is 0 Å². The average Bonchev–Trinajstić information content (AvgIpc) is 2.72. The van der Waals surface area contributed by atoms with Gasteiger partial charge in [0.05, 0.1) is 45.8 Å². The van der Waals surface area contributed by atoms with E-state index in [1.54, 1.807) is 27.7 Å². The summed E-state index contributed by atoms with van der Waals surface area (Å²) in [6.07, 6.45) is -2.14. The van der Waals surface area contributed by atoms with Crippen molar-refractivity contribution in [2.45, 2.75) is 153 Å². The number of aliphatic carboxylic acids is 1. The summed E-state index contributed by atoms with van der Waals surface area (Å²) >= 11 is 0. The smallest absolute Gasteiger partial charge is 0.306 e. The number of carbonyl (C=O) groups is 1. The van der Waals surface area contributed by atoms with Crippen LogP contribution in [0.3, 0.4) is 0 Å². The molecule has 1 saturated carbocycles. The van der Waals surface area contributed by atoms with Crippen LogP contribution in [0.25, 0.3) is 0 Å². The van der Waals surface area contributed by atoms with Crippen molar-refractivity contribution >= 4 is 5.97 Å². The first kappa shape index (κ1) is 45.7. The van der Waals surface area contributed by atoms with Crippen molar-refractivity contribution in [1.82, 2.24) is 0 Å². The molecule has 0 amide bonds. The van der Waals surface area contributed by atoms with Gasteiger partial charge in [-0.3, -0.25) is 4.79 Å². The third kappa shape index (κ3) is 23.7. The third-order valence-electron chi connectivity index (χ3n) is 7.01. The Kier molecular flexibility index (Phi) is 19.8. The van der Waals surface area contributed by atoms with Crippen LogP contribution < -0.4 is 0 Å². The van der Waals surface area contributed by atoms with Gasteiger partial charge >= 0.3 is 5.97 Å². The quantitative estimate of drug-likeness (QED) is 0.224. The molecule has 1 rings (SSSR count). The topological polar surface area (TPSA) is 138 Å². The van der Waals surface area contributed by atoms with Crippen LogP contribution in [0.5, 0.6) is 0 Å². The van der Waals surface area contributed by atoms with Crippen molar-refractivity contribution < 1.29 is 39.9 Å². The lowest BCUT2D eigenvalue weighted by atomic mass is 9.66. The highest BCUT2D eigenvalue weighted by Crippen LogP contribution is 2.38. The summed E-state index contributed by atoms with van der Waals surface area (Å²) < 4.78 is 1.08. The molecule has 0 aliphatic heterocycles. The van der Waals surface area contributed by atoms with Crippen LogP contribution >= 0.6 is 0 Å². The molecule has 5 unspecified atom stereocenters. The zero-order valence-corrected chi connectivity index (χ0v) is 30.6. The zero-order chi connectivity index (χ0) is 34.7. The average molecular weight is 609 g/mol. The molecule has 6 N–H and O–H groups in total.